The number of aliphatic hydroxyl groups excluding tert-OH is 1. The predicted octanol–water partition coefficient (Wildman–Crippen LogP) is 3.35. The first-order valence-electron chi connectivity index (χ1n) is 6.56. The molecule has 0 amide bonds. The van der Waals surface area contributed by atoms with Gasteiger partial charge in [0.2, 0.25) is 0 Å². The second kappa shape index (κ2) is 10.9. The summed E-state index contributed by atoms with van der Waals surface area (Å²) < 4.78 is 0. The van der Waals surface area contributed by atoms with Gasteiger partial charge in [-0.15, -0.1) is 0 Å². The second-order valence-electron chi connectivity index (χ2n) is 4.52. The third kappa shape index (κ3) is 11.5. The largest absolute Gasteiger partial charge is 0.481 e. The van der Waals surface area contributed by atoms with Gasteiger partial charge in [-0.25, -0.2) is 0 Å². The molecule has 16 heavy (non-hydrogen) atoms. The van der Waals surface area contributed by atoms with Crippen LogP contribution in [0.5, 0.6) is 0 Å². The molecule has 0 heterocycles. The normalized spacial score (nSPS) is 12.6. The van der Waals surface area contributed by atoms with E-state index in [4.69, 9.17) is 5.11 Å². The summed E-state index contributed by atoms with van der Waals surface area (Å²) in [6.07, 6.45) is 9.65. The Morgan fingerprint density at radius 2 is 1.50 bits per heavy atom. The Morgan fingerprint density at radius 3 is 2.00 bits per heavy atom. The molecule has 1 unspecified atom stereocenters. The van der Waals surface area contributed by atoms with Gasteiger partial charge in [-0.05, 0) is 6.42 Å². The molecule has 0 aromatic rings. The van der Waals surface area contributed by atoms with E-state index in [1.54, 1.807) is 0 Å². The van der Waals surface area contributed by atoms with Crippen LogP contribution in [0.3, 0.4) is 0 Å². The number of rotatable bonds is 11. The maximum Gasteiger partial charge on any atom is 0.305 e. The van der Waals surface area contributed by atoms with Gasteiger partial charge in [-0.2, -0.15) is 0 Å². The fraction of sp³-hybridized carbons (Fsp3) is 0.923. The highest BCUT2D eigenvalue weighted by molar-refractivity contribution is 5.67. The Kier molecular flexibility index (Phi) is 10.5. The molecular formula is C13H26O3. The smallest absolute Gasteiger partial charge is 0.305 e. The van der Waals surface area contributed by atoms with E-state index in [2.05, 4.69) is 6.92 Å². The minimum Gasteiger partial charge on any atom is -0.481 e. The van der Waals surface area contributed by atoms with Gasteiger partial charge in [0.05, 0.1) is 12.5 Å². The average molecular weight is 230 g/mol. The highest BCUT2D eigenvalue weighted by Crippen LogP contribution is 2.11. The molecule has 0 saturated carbocycles. The summed E-state index contributed by atoms with van der Waals surface area (Å²) in [6, 6.07) is 0. The standard InChI is InChI=1S/C13H26O3/c1-2-3-4-5-6-7-8-9-10-12(14)11-13(15)16/h12,14H,2-11H2,1H3,(H,15,16). The van der Waals surface area contributed by atoms with E-state index in [1.807, 2.05) is 0 Å². The van der Waals surface area contributed by atoms with Crippen molar-refractivity contribution in [1.29, 1.82) is 0 Å². The SMILES string of the molecule is CCCCCCCCCCC(O)CC(=O)O. The molecular weight excluding hydrogens is 204 g/mol. The molecule has 0 rings (SSSR count). The summed E-state index contributed by atoms with van der Waals surface area (Å²) in [5.74, 6) is -0.910. The minimum absolute atomic E-state index is 0.115. The molecule has 0 saturated heterocycles. The van der Waals surface area contributed by atoms with E-state index >= 15 is 0 Å². The number of unbranched alkanes of at least 4 members (excludes halogenated alkanes) is 7. The third-order valence-corrected chi connectivity index (χ3v) is 2.80. The van der Waals surface area contributed by atoms with Crippen LogP contribution >= 0.6 is 0 Å². The van der Waals surface area contributed by atoms with E-state index in [-0.39, 0.29) is 6.42 Å². The second-order valence-corrected chi connectivity index (χ2v) is 4.52. The van der Waals surface area contributed by atoms with Gasteiger partial charge in [0, 0.05) is 0 Å². The Hall–Kier alpha value is -0.570. The van der Waals surface area contributed by atoms with Gasteiger partial charge >= 0.3 is 5.97 Å². The maximum absolute atomic E-state index is 10.3. The topological polar surface area (TPSA) is 57.5 Å². The number of aliphatic hydroxyl groups is 1. The lowest BCUT2D eigenvalue weighted by molar-refractivity contribution is -0.139. The first kappa shape index (κ1) is 15.4. The summed E-state index contributed by atoms with van der Waals surface area (Å²) in [7, 11) is 0. The van der Waals surface area contributed by atoms with E-state index in [1.165, 1.54) is 38.5 Å². The molecule has 0 spiro atoms. The van der Waals surface area contributed by atoms with Crippen molar-refractivity contribution in [2.75, 3.05) is 0 Å². The van der Waals surface area contributed by atoms with Gasteiger partial charge < -0.3 is 10.2 Å². The summed E-state index contributed by atoms with van der Waals surface area (Å²) >= 11 is 0. The van der Waals surface area contributed by atoms with Crippen LogP contribution in [0.4, 0.5) is 0 Å². The molecule has 2 N–H and O–H groups in total. The molecule has 0 aliphatic carbocycles. The van der Waals surface area contributed by atoms with E-state index in [0.717, 1.165) is 12.8 Å². The number of hydrogen-bond acceptors (Lipinski definition) is 2. The molecule has 0 aromatic heterocycles. The van der Waals surface area contributed by atoms with Gasteiger partial charge in [0.25, 0.3) is 0 Å². The molecule has 0 bridgehead atoms. The van der Waals surface area contributed by atoms with Crippen LogP contribution in [0.2, 0.25) is 0 Å². The first-order valence-corrected chi connectivity index (χ1v) is 6.56. The number of carboxylic acid groups (broad SMARTS) is 1. The van der Waals surface area contributed by atoms with E-state index in [0.29, 0.717) is 6.42 Å². The zero-order valence-electron chi connectivity index (χ0n) is 10.5. The van der Waals surface area contributed by atoms with Gasteiger partial charge in [-0.3, -0.25) is 4.79 Å². The van der Waals surface area contributed by atoms with Crippen molar-refractivity contribution >= 4 is 5.97 Å². The lowest BCUT2D eigenvalue weighted by Crippen LogP contribution is -2.12. The van der Waals surface area contributed by atoms with Crippen molar-refractivity contribution in [3.05, 3.63) is 0 Å². The number of aliphatic carboxylic acids is 1. The Morgan fingerprint density at radius 1 is 1.00 bits per heavy atom. The van der Waals surface area contributed by atoms with Crippen LogP contribution in [-0.2, 0) is 4.79 Å². The third-order valence-electron chi connectivity index (χ3n) is 2.80. The molecule has 0 aliphatic rings. The molecule has 3 heteroatoms. The van der Waals surface area contributed by atoms with E-state index < -0.39 is 12.1 Å². The van der Waals surface area contributed by atoms with Crippen molar-refractivity contribution in [3.8, 4) is 0 Å². The monoisotopic (exact) mass is 230 g/mol. The highest BCUT2D eigenvalue weighted by Gasteiger charge is 2.08. The van der Waals surface area contributed by atoms with Crippen LogP contribution in [0.1, 0.15) is 71.1 Å². The lowest BCUT2D eigenvalue weighted by Gasteiger charge is -2.07. The van der Waals surface area contributed by atoms with E-state index in [9.17, 15) is 9.90 Å². The fourth-order valence-corrected chi connectivity index (χ4v) is 1.82. The average Bonchev–Trinajstić information content (AvgIpc) is 2.21. The zero-order valence-corrected chi connectivity index (χ0v) is 10.5. The number of hydrogen-bond donors (Lipinski definition) is 2. The number of carboxylic acids is 1. The highest BCUT2D eigenvalue weighted by atomic mass is 16.4. The molecule has 96 valence electrons. The maximum atomic E-state index is 10.3. The molecule has 3 nitrogen and oxygen atoms in total. The lowest BCUT2D eigenvalue weighted by atomic mass is 10.0. The van der Waals surface area contributed by atoms with Crippen molar-refractivity contribution in [3.63, 3.8) is 0 Å². The summed E-state index contributed by atoms with van der Waals surface area (Å²) in [6.45, 7) is 2.21. The Labute approximate surface area is 98.9 Å². The molecule has 0 aliphatic heterocycles. The van der Waals surface area contributed by atoms with Gasteiger partial charge in [0.15, 0.2) is 0 Å². The van der Waals surface area contributed by atoms with Crippen LogP contribution in [0.15, 0.2) is 0 Å². The first-order chi connectivity index (χ1) is 7.66. The van der Waals surface area contributed by atoms with Crippen LogP contribution in [0.25, 0.3) is 0 Å². The Bertz CT molecular complexity index is 169. The molecule has 1 atom stereocenters. The summed E-state index contributed by atoms with van der Waals surface area (Å²) in [5.41, 5.74) is 0. The van der Waals surface area contributed by atoms with Gasteiger partial charge in [0.1, 0.15) is 0 Å². The zero-order chi connectivity index (χ0) is 12.2. The van der Waals surface area contributed by atoms with Crippen molar-refractivity contribution in [2.24, 2.45) is 0 Å². The molecule has 0 aromatic carbocycles. The quantitative estimate of drug-likeness (QED) is 0.535. The Balaban J connectivity index is 3.11. The molecule has 0 radical (unpaired) electrons. The molecule has 0 fully saturated rings. The fourth-order valence-electron chi connectivity index (χ4n) is 1.82. The number of carbonyl (C=O) groups is 1. The van der Waals surface area contributed by atoms with Crippen molar-refractivity contribution in [1.82, 2.24) is 0 Å². The van der Waals surface area contributed by atoms with Crippen LogP contribution < -0.4 is 0 Å². The van der Waals surface area contributed by atoms with Crippen molar-refractivity contribution < 1.29 is 15.0 Å². The predicted molar refractivity (Wildman–Crippen MR) is 65.5 cm³/mol. The van der Waals surface area contributed by atoms with Crippen LogP contribution in [0, 0.1) is 0 Å². The summed E-state index contributed by atoms with van der Waals surface area (Å²) in [4.78, 5) is 10.3. The van der Waals surface area contributed by atoms with Crippen molar-refractivity contribution in [2.45, 2.75) is 77.2 Å². The van der Waals surface area contributed by atoms with Crippen LogP contribution in [-0.4, -0.2) is 22.3 Å². The minimum atomic E-state index is -0.910. The summed E-state index contributed by atoms with van der Waals surface area (Å²) in [5, 5.41) is 17.8. The van der Waals surface area contributed by atoms with Gasteiger partial charge in [-0.1, -0.05) is 58.3 Å².